The Morgan fingerprint density at radius 2 is 1.43 bits per heavy atom. The number of hydrogen-bond donors (Lipinski definition) is 3. The fourth-order valence-corrected chi connectivity index (χ4v) is 0.767. The van der Waals surface area contributed by atoms with E-state index in [1.165, 1.54) is 0 Å². The molecule has 0 aromatic heterocycles. The normalized spacial score (nSPS) is 11.9. The number of amides is 1. The van der Waals surface area contributed by atoms with Crippen LogP contribution in [0.15, 0.2) is 0 Å². The van der Waals surface area contributed by atoms with Gasteiger partial charge >= 0.3 is 0 Å². The Morgan fingerprint density at radius 1 is 1.07 bits per heavy atom. The van der Waals surface area contributed by atoms with Gasteiger partial charge in [0.15, 0.2) is 0 Å². The summed E-state index contributed by atoms with van der Waals surface area (Å²) in [7, 11) is 0. The van der Waals surface area contributed by atoms with Crippen molar-refractivity contribution in [3.05, 3.63) is 0 Å². The van der Waals surface area contributed by atoms with Gasteiger partial charge in [0, 0.05) is 17.6 Å². The molecule has 0 saturated carbocycles. The standard InChI is InChI=1S/C4H8ClNO2.C3H6Cl2O/c5-2-3(7)1-4(6)8;4-1-3(6)2-5/h3,7H,1-2H2,(H2,6,8);3,6H,1-2H2. The van der Waals surface area contributed by atoms with Crippen LogP contribution in [0, 0.1) is 0 Å². The van der Waals surface area contributed by atoms with Crippen molar-refractivity contribution in [2.24, 2.45) is 5.73 Å². The molecule has 0 aliphatic rings. The van der Waals surface area contributed by atoms with E-state index in [-0.39, 0.29) is 24.1 Å². The first kappa shape index (κ1) is 16.7. The van der Waals surface area contributed by atoms with Crippen molar-refractivity contribution < 1.29 is 15.0 Å². The average molecular weight is 267 g/mol. The molecule has 0 heterocycles. The summed E-state index contributed by atoms with van der Waals surface area (Å²) in [5.41, 5.74) is 4.71. The molecular formula is C7H14Cl3NO3. The van der Waals surface area contributed by atoms with E-state index >= 15 is 0 Å². The fourth-order valence-electron chi connectivity index (χ4n) is 0.328. The maximum Gasteiger partial charge on any atom is 0.220 e. The lowest BCUT2D eigenvalue weighted by atomic mass is 10.3. The summed E-state index contributed by atoms with van der Waals surface area (Å²) in [6, 6.07) is 0. The van der Waals surface area contributed by atoms with Gasteiger partial charge in [0.2, 0.25) is 5.91 Å². The summed E-state index contributed by atoms with van der Waals surface area (Å²) in [5, 5.41) is 17.0. The Kier molecular flexibility index (Phi) is 13.5. The highest BCUT2D eigenvalue weighted by atomic mass is 35.5. The molecule has 0 radical (unpaired) electrons. The Morgan fingerprint density at radius 3 is 1.50 bits per heavy atom. The zero-order valence-electron chi connectivity index (χ0n) is 7.50. The van der Waals surface area contributed by atoms with Gasteiger partial charge in [-0.25, -0.2) is 0 Å². The summed E-state index contributed by atoms with van der Waals surface area (Å²) in [5.74, 6) is -0.0196. The molecule has 0 bridgehead atoms. The van der Waals surface area contributed by atoms with E-state index < -0.39 is 18.1 Å². The number of carbonyl (C=O) groups is 1. The third kappa shape index (κ3) is 14.8. The van der Waals surface area contributed by atoms with Crippen molar-refractivity contribution in [1.82, 2.24) is 0 Å². The first-order chi connectivity index (χ1) is 6.47. The molecule has 0 fully saturated rings. The van der Waals surface area contributed by atoms with Gasteiger partial charge in [-0.05, 0) is 0 Å². The lowest BCUT2D eigenvalue weighted by molar-refractivity contribution is -0.119. The molecule has 0 rings (SSSR count). The maximum absolute atomic E-state index is 9.97. The van der Waals surface area contributed by atoms with E-state index in [0.717, 1.165) is 0 Å². The Balaban J connectivity index is 0. The second-order valence-electron chi connectivity index (χ2n) is 2.44. The minimum Gasteiger partial charge on any atom is -0.391 e. The quantitative estimate of drug-likeness (QED) is 0.625. The van der Waals surface area contributed by atoms with Gasteiger partial charge in [0.1, 0.15) is 0 Å². The van der Waals surface area contributed by atoms with Crippen molar-refractivity contribution in [2.45, 2.75) is 18.6 Å². The first-order valence-corrected chi connectivity index (χ1v) is 5.40. The van der Waals surface area contributed by atoms with Crippen molar-refractivity contribution in [3.63, 3.8) is 0 Å². The van der Waals surface area contributed by atoms with E-state index in [2.05, 4.69) is 0 Å². The predicted molar refractivity (Wildman–Crippen MR) is 58.0 cm³/mol. The molecule has 1 unspecified atom stereocenters. The van der Waals surface area contributed by atoms with Gasteiger partial charge in [-0.15, -0.1) is 34.8 Å². The zero-order chi connectivity index (χ0) is 11.6. The molecule has 4 N–H and O–H groups in total. The third-order valence-electron chi connectivity index (χ3n) is 0.971. The Bertz CT molecular complexity index is 144. The molecule has 86 valence electrons. The summed E-state index contributed by atoms with van der Waals surface area (Å²) < 4.78 is 0. The average Bonchev–Trinajstić information content (AvgIpc) is 2.16. The molecule has 7 heteroatoms. The van der Waals surface area contributed by atoms with Crippen LogP contribution in [0.2, 0.25) is 0 Å². The van der Waals surface area contributed by atoms with E-state index in [1.807, 2.05) is 0 Å². The molecule has 4 nitrogen and oxygen atoms in total. The summed E-state index contributed by atoms with van der Waals surface area (Å²) in [6.45, 7) is 0. The van der Waals surface area contributed by atoms with Crippen LogP contribution >= 0.6 is 34.8 Å². The van der Waals surface area contributed by atoms with Crippen molar-refractivity contribution in [2.75, 3.05) is 17.6 Å². The number of primary amides is 1. The van der Waals surface area contributed by atoms with Crippen LogP contribution in [-0.2, 0) is 4.79 Å². The van der Waals surface area contributed by atoms with Gasteiger partial charge in [0.05, 0.1) is 18.6 Å². The lowest BCUT2D eigenvalue weighted by Crippen LogP contribution is -2.20. The highest BCUT2D eigenvalue weighted by Crippen LogP contribution is 1.91. The smallest absolute Gasteiger partial charge is 0.220 e. The summed E-state index contributed by atoms with van der Waals surface area (Å²) in [4.78, 5) is 9.97. The van der Waals surface area contributed by atoms with Gasteiger partial charge in [0.25, 0.3) is 0 Å². The highest BCUT2D eigenvalue weighted by molar-refractivity contribution is 6.21. The first-order valence-electron chi connectivity index (χ1n) is 3.80. The van der Waals surface area contributed by atoms with E-state index in [0.29, 0.717) is 0 Å². The third-order valence-corrected chi connectivity index (χ3v) is 2.04. The molecule has 1 amide bonds. The number of alkyl halides is 3. The minimum atomic E-state index is -0.783. The van der Waals surface area contributed by atoms with Crippen molar-refractivity contribution >= 4 is 40.7 Å². The van der Waals surface area contributed by atoms with Gasteiger partial charge in [-0.2, -0.15) is 0 Å². The van der Waals surface area contributed by atoms with Gasteiger partial charge in [-0.3, -0.25) is 4.79 Å². The molecular weight excluding hydrogens is 252 g/mol. The molecule has 14 heavy (non-hydrogen) atoms. The van der Waals surface area contributed by atoms with Gasteiger partial charge in [-0.1, -0.05) is 0 Å². The van der Waals surface area contributed by atoms with E-state index in [9.17, 15) is 4.79 Å². The van der Waals surface area contributed by atoms with E-state index in [1.54, 1.807) is 0 Å². The van der Waals surface area contributed by atoms with Crippen LogP contribution in [0.25, 0.3) is 0 Å². The predicted octanol–water partition coefficient (Wildman–Crippen LogP) is 0.286. The van der Waals surface area contributed by atoms with E-state index in [4.69, 9.17) is 50.7 Å². The zero-order valence-corrected chi connectivity index (χ0v) is 9.76. The number of aliphatic hydroxyl groups is 2. The monoisotopic (exact) mass is 265 g/mol. The molecule has 0 aliphatic heterocycles. The van der Waals surface area contributed by atoms with Crippen LogP contribution in [0.3, 0.4) is 0 Å². The second-order valence-corrected chi connectivity index (χ2v) is 3.37. The number of rotatable bonds is 5. The molecule has 1 atom stereocenters. The summed E-state index contributed by atoms with van der Waals surface area (Å²) in [6.07, 6.45) is -1.37. The Labute approximate surface area is 97.9 Å². The number of carbonyl (C=O) groups excluding carboxylic acids is 1. The van der Waals surface area contributed by atoms with Crippen molar-refractivity contribution in [3.8, 4) is 0 Å². The summed E-state index contributed by atoms with van der Waals surface area (Å²) >= 11 is 15.4. The second kappa shape index (κ2) is 11.3. The number of nitrogens with two attached hydrogens (primary N) is 1. The minimum absolute atomic E-state index is 0.0521. The van der Waals surface area contributed by atoms with Crippen LogP contribution in [0.5, 0.6) is 0 Å². The molecule has 0 aromatic rings. The lowest BCUT2D eigenvalue weighted by Gasteiger charge is -1.99. The SMILES string of the molecule is NC(=O)CC(O)CCl.OC(CCl)CCl. The van der Waals surface area contributed by atoms with Crippen LogP contribution < -0.4 is 5.73 Å². The highest BCUT2D eigenvalue weighted by Gasteiger charge is 2.04. The fraction of sp³-hybridized carbons (Fsp3) is 0.857. The molecule has 0 aliphatic carbocycles. The van der Waals surface area contributed by atoms with Crippen molar-refractivity contribution in [1.29, 1.82) is 0 Å². The van der Waals surface area contributed by atoms with Crippen LogP contribution in [-0.4, -0.2) is 46.0 Å². The largest absolute Gasteiger partial charge is 0.391 e. The van der Waals surface area contributed by atoms with Crippen LogP contribution in [0.4, 0.5) is 0 Å². The Hall–Kier alpha value is 0.260. The number of halogens is 3. The number of hydrogen-bond acceptors (Lipinski definition) is 3. The molecule has 0 aromatic carbocycles. The molecule has 0 saturated heterocycles. The number of aliphatic hydroxyl groups excluding tert-OH is 2. The van der Waals surface area contributed by atoms with Gasteiger partial charge < -0.3 is 15.9 Å². The maximum atomic E-state index is 9.97. The topological polar surface area (TPSA) is 83.6 Å². The molecule has 0 spiro atoms. The van der Waals surface area contributed by atoms with Crippen LogP contribution in [0.1, 0.15) is 6.42 Å².